The van der Waals surface area contributed by atoms with Gasteiger partial charge < -0.3 is 10.1 Å². The quantitative estimate of drug-likeness (QED) is 0.875. The number of nitrogens with zero attached hydrogens (tertiary/aromatic N) is 1. The van der Waals surface area contributed by atoms with Crippen LogP contribution in [0.4, 0.5) is 5.69 Å². The highest BCUT2D eigenvalue weighted by atomic mass is 16.5. The highest BCUT2D eigenvalue weighted by Crippen LogP contribution is 2.18. The smallest absolute Gasteiger partial charge is 0.339 e. The number of anilines is 1. The van der Waals surface area contributed by atoms with Crippen molar-refractivity contribution in [2.24, 2.45) is 0 Å². The summed E-state index contributed by atoms with van der Waals surface area (Å²) >= 11 is 0. The van der Waals surface area contributed by atoms with E-state index < -0.39 is 5.97 Å². The van der Waals surface area contributed by atoms with Gasteiger partial charge in [-0.15, -0.1) is 0 Å². The number of aryl methyl sites for hydroxylation is 1. The molecular weight excluding hydrogens is 268 g/mol. The molecule has 0 unspecified atom stereocenters. The number of hydrogen-bond donors (Lipinski definition) is 1. The van der Waals surface area contributed by atoms with E-state index in [9.17, 15) is 9.59 Å². The minimum atomic E-state index is -0.477. The van der Waals surface area contributed by atoms with Gasteiger partial charge >= 0.3 is 5.97 Å². The average Bonchev–Trinajstić information content (AvgIpc) is 2.49. The molecule has 1 amide bonds. The fourth-order valence-electron chi connectivity index (χ4n) is 1.93. The number of carbonyl (C=O) groups is 2. The van der Waals surface area contributed by atoms with E-state index in [0.717, 1.165) is 11.1 Å². The van der Waals surface area contributed by atoms with Crippen LogP contribution in [0.3, 0.4) is 0 Å². The van der Waals surface area contributed by atoms with Crippen LogP contribution in [0.15, 0.2) is 42.7 Å². The number of amides is 1. The van der Waals surface area contributed by atoms with Crippen LogP contribution < -0.4 is 5.32 Å². The number of pyridine rings is 1. The van der Waals surface area contributed by atoms with Crippen molar-refractivity contribution >= 4 is 17.6 Å². The topological polar surface area (TPSA) is 68.3 Å². The number of methoxy groups -OCH3 is 1. The average molecular weight is 284 g/mol. The van der Waals surface area contributed by atoms with E-state index in [1.807, 2.05) is 19.1 Å². The molecule has 1 aromatic heterocycles. The van der Waals surface area contributed by atoms with Gasteiger partial charge in [-0.1, -0.05) is 17.7 Å². The van der Waals surface area contributed by atoms with Crippen molar-refractivity contribution in [3.8, 4) is 0 Å². The minimum Gasteiger partial charge on any atom is -0.465 e. The summed E-state index contributed by atoms with van der Waals surface area (Å²) in [5.41, 5.74) is 2.51. The maximum Gasteiger partial charge on any atom is 0.339 e. The number of benzene rings is 1. The second kappa shape index (κ2) is 6.65. The van der Waals surface area contributed by atoms with E-state index in [2.05, 4.69) is 10.3 Å². The Morgan fingerprint density at radius 3 is 2.76 bits per heavy atom. The number of aromatic nitrogens is 1. The highest BCUT2D eigenvalue weighted by Gasteiger charge is 2.14. The van der Waals surface area contributed by atoms with Crippen molar-refractivity contribution < 1.29 is 14.3 Å². The maximum absolute atomic E-state index is 12.0. The normalized spacial score (nSPS) is 10.0. The first kappa shape index (κ1) is 14.7. The lowest BCUT2D eigenvalue weighted by Crippen LogP contribution is -2.17. The molecule has 108 valence electrons. The van der Waals surface area contributed by atoms with Crippen LogP contribution in [0.2, 0.25) is 0 Å². The Labute approximate surface area is 123 Å². The van der Waals surface area contributed by atoms with Crippen LogP contribution in [0, 0.1) is 6.92 Å². The molecule has 1 aromatic carbocycles. The van der Waals surface area contributed by atoms with Crippen LogP contribution in [0.25, 0.3) is 0 Å². The summed E-state index contributed by atoms with van der Waals surface area (Å²) in [6.07, 6.45) is 3.48. The first-order valence-electron chi connectivity index (χ1n) is 6.48. The molecule has 0 aliphatic rings. The van der Waals surface area contributed by atoms with Crippen LogP contribution in [-0.2, 0) is 16.0 Å². The van der Waals surface area contributed by atoms with Crippen LogP contribution in [0.1, 0.15) is 21.5 Å². The van der Waals surface area contributed by atoms with E-state index in [1.54, 1.807) is 30.6 Å². The Hall–Kier alpha value is -2.69. The molecule has 2 aromatic rings. The molecule has 5 nitrogen and oxygen atoms in total. The summed E-state index contributed by atoms with van der Waals surface area (Å²) in [7, 11) is 1.31. The van der Waals surface area contributed by atoms with Crippen molar-refractivity contribution in [2.75, 3.05) is 12.4 Å². The Balaban J connectivity index is 2.15. The van der Waals surface area contributed by atoms with Crippen LogP contribution >= 0.6 is 0 Å². The third kappa shape index (κ3) is 3.89. The second-order valence-electron chi connectivity index (χ2n) is 4.63. The van der Waals surface area contributed by atoms with Gasteiger partial charge in [-0.05, 0) is 30.7 Å². The lowest BCUT2D eigenvalue weighted by Gasteiger charge is -2.10. The van der Waals surface area contributed by atoms with Crippen LogP contribution in [0.5, 0.6) is 0 Å². The third-order valence-electron chi connectivity index (χ3n) is 2.94. The Morgan fingerprint density at radius 1 is 1.29 bits per heavy atom. The van der Waals surface area contributed by atoms with Gasteiger partial charge in [0.1, 0.15) is 0 Å². The number of ether oxygens (including phenoxy) is 1. The fraction of sp³-hybridized carbons (Fsp3) is 0.188. The Kier molecular flexibility index (Phi) is 4.66. The monoisotopic (exact) mass is 284 g/mol. The summed E-state index contributed by atoms with van der Waals surface area (Å²) in [6.45, 7) is 1.87. The molecule has 0 atom stereocenters. The Morgan fingerprint density at radius 2 is 2.10 bits per heavy atom. The number of nitrogens with one attached hydrogen (secondary N) is 1. The maximum atomic E-state index is 12.0. The predicted molar refractivity (Wildman–Crippen MR) is 79.1 cm³/mol. The molecule has 0 aliphatic carbocycles. The highest BCUT2D eigenvalue weighted by molar-refractivity contribution is 6.01. The summed E-state index contributed by atoms with van der Waals surface area (Å²) in [5.74, 6) is -0.688. The van der Waals surface area contributed by atoms with Crippen molar-refractivity contribution in [1.29, 1.82) is 0 Å². The summed E-state index contributed by atoms with van der Waals surface area (Å²) in [5, 5.41) is 2.73. The zero-order chi connectivity index (χ0) is 15.2. The molecule has 1 heterocycles. The van der Waals surface area contributed by atoms with Gasteiger partial charge in [0, 0.05) is 12.4 Å². The lowest BCUT2D eigenvalue weighted by molar-refractivity contribution is -0.115. The van der Waals surface area contributed by atoms with Gasteiger partial charge in [0.15, 0.2) is 0 Å². The minimum absolute atomic E-state index is 0.197. The van der Waals surface area contributed by atoms with Gasteiger partial charge in [-0.2, -0.15) is 0 Å². The molecule has 0 saturated carbocycles. The van der Waals surface area contributed by atoms with Gasteiger partial charge in [-0.25, -0.2) is 4.79 Å². The third-order valence-corrected chi connectivity index (χ3v) is 2.94. The molecule has 0 aliphatic heterocycles. The van der Waals surface area contributed by atoms with Gasteiger partial charge in [-0.3, -0.25) is 9.78 Å². The first-order chi connectivity index (χ1) is 10.1. The van der Waals surface area contributed by atoms with Crippen molar-refractivity contribution in [3.63, 3.8) is 0 Å². The van der Waals surface area contributed by atoms with Gasteiger partial charge in [0.05, 0.1) is 24.8 Å². The fourth-order valence-corrected chi connectivity index (χ4v) is 1.93. The van der Waals surface area contributed by atoms with E-state index in [0.29, 0.717) is 11.3 Å². The molecule has 5 heteroatoms. The number of esters is 1. The van der Waals surface area contributed by atoms with Gasteiger partial charge in [0.25, 0.3) is 0 Å². The summed E-state index contributed by atoms with van der Waals surface area (Å²) in [4.78, 5) is 27.7. The molecule has 2 rings (SSSR count). The number of hydrogen-bond acceptors (Lipinski definition) is 4. The van der Waals surface area contributed by atoms with E-state index in [4.69, 9.17) is 4.74 Å². The predicted octanol–water partition coefficient (Wildman–Crippen LogP) is 2.36. The van der Waals surface area contributed by atoms with Crippen LogP contribution in [-0.4, -0.2) is 24.0 Å². The van der Waals surface area contributed by atoms with Crippen molar-refractivity contribution in [1.82, 2.24) is 4.98 Å². The van der Waals surface area contributed by atoms with Crippen molar-refractivity contribution in [3.05, 3.63) is 59.4 Å². The molecular formula is C16H16N2O3. The zero-order valence-electron chi connectivity index (χ0n) is 11.9. The largest absolute Gasteiger partial charge is 0.465 e. The molecule has 0 bridgehead atoms. The molecule has 0 saturated heterocycles. The lowest BCUT2D eigenvalue weighted by atomic mass is 10.1. The molecule has 0 fully saturated rings. The standard InChI is InChI=1S/C16H16N2O3/c1-11-5-6-14(13(8-11)16(20)21-2)18-15(19)9-12-4-3-7-17-10-12/h3-8,10H,9H2,1-2H3,(H,18,19). The summed E-state index contributed by atoms with van der Waals surface area (Å²) < 4.78 is 4.73. The number of rotatable bonds is 4. The number of carbonyl (C=O) groups excluding carboxylic acids is 2. The molecule has 0 radical (unpaired) electrons. The Bertz CT molecular complexity index is 654. The van der Waals surface area contributed by atoms with E-state index in [1.165, 1.54) is 7.11 Å². The molecule has 0 spiro atoms. The first-order valence-corrected chi connectivity index (χ1v) is 6.48. The van der Waals surface area contributed by atoms with Gasteiger partial charge in [0.2, 0.25) is 5.91 Å². The summed E-state index contributed by atoms with van der Waals surface area (Å²) in [6, 6.07) is 8.80. The second-order valence-corrected chi connectivity index (χ2v) is 4.63. The molecule has 1 N–H and O–H groups in total. The van der Waals surface area contributed by atoms with Crippen molar-refractivity contribution in [2.45, 2.75) is 13.3 Å². The zero-order valence-corrected chi connectivity index (χ0v) is 11.9. The van der Waals surface area contributed by atoms with E-state index in [-0.39, 0.29) is 12.3 Å². The van der Waals surface area contributed by atoms with E-state index >= 15 is 0 Å². The molecule has 21 heavy (non-hydrogen) atoms. The SMILES string of the molecule is COC(=O)c1cc(C)ccc1NC(=O)Cc1cccnc1.